The van der Waals surface area contributed by atoms with Crippen molar-refractivity contribution in [3.8, 4) is 0 Å². The second kappa shape index (κ2) is 21.9. The Hall–Kier alpha value is -3.63. The summed E-state index contributed by atoms with van der Waals surface area (Å²) in [5.41, 5.74) is 5.87. The lowest BCUT2D eigenvalue weighted by Gasteiger charge is -2.54. The number of hydrogen-bond acceptors (Lipinski definition) is 11. The Kier molecular flexibility index (Phi) is 17.9. The molecule has 4 aliphatic rings. The van der Waals surface area contributed by atoms with E-state index < -0.39 is 65.8 Å². The molecule has 4 rings (SSSR count). The van der Waals surface area contributed by atoms with Gasteiger partial charge in [0.1, 0.15) is 11.3 Å². The van der Waals surface area contributed by atoms with Gasteiger partial charge < -0.3 is 56.8 Å². The van der Waals surface area contributed by atoms with E-state index in [1.165, 1.54) is 0 Å². The van der Waals surface area contributed by atoms with Crippen molar-refractivity contribution in [3.05, 3.63) is 71.1 Å². The highest BCUT2D eigenvalue weighted by Crippen LogP contribution is 2.58. The molecule has 2 aliphatic carbocycles. The molecule has 14 heteroatoms. The van der Waals surface area contributed by atoms with Crippen molar-refractivity contribution in [2.45, 2.75) is 148 Å². The van der Waals surface area contributed by atoms with Crippen LogP contribution in [0.3, 0.4) is 0 Å². The second-order valence-corrected chi connectivity index (χ2v) is 18.0. The van der Waals surface area contributed by atoms with E-state index in [0.717, 1.165) is 25.0 Å². The van der Waals surface area contributed by atoms with Crippen LogP contribution >= 0.6 is 0 Å². The predicted molar refractivity (Wildman–Crippen MR) is 230 cm³/mol. The molecule has 2 heterocycles. The Morgan fingerprint density at radius 3 is 2.35 bits per heavy atom. The normalized spacial score (nSPS) is 32.2. The van der Waals surface area contributed by atoms with Crippen LogP contribution in [0.25, 0.3) is 0 Å². The smallest absolute Gasteiger partial charge is 0.258 e. The number of aliphatic hydroxyl groups is 8. The number of allylic oxidation sites excluding steroid dienone is 2. The van der Waals surface area contributed by atoms with E-state index in [1.807, 2.05) is 38.7 Å². The molecule has 12 N–H and O–H groups in total. The fraction of sp³-hybridized carbons (Fsp3) is 0.674. The van der Waals surface area contributed by atoms with E-state index in [0.29, 0.717) is 44.1 Å². The van der Waals surface area contributed by atoms with Crippen molar-refractivity contribution >= 4 is 17.6 Å². The van der Waals surface area contributed by atoms with E-state index >= 15 is 0 Å². The van der Waals surface area contributed by atoms with Crippen LogP contribution < -0.4 is 11.1 Å². The van der Waals surface area contributed by atoms with Gasteiger partial charge >= 0.3 is 0 Å². The van der Waals surface area contributed by atoms with E-state index in [-0.39, 0.29) is 66.4 Å². The molecule has 0 aromatic rings. The average molecular weight is 841 g/mol. The summed E-state index contributed by atoms with van der Waals surface area (Å²) < 4.78 is 0. The number of rotatable bonds is 19. The Morgan fingerprint density at radius 1 is 1.00 bits per heavy atom. The van der Waals surface area contributed by atoms with Gasteiger partial charge in [0.2, 0.25) is 0 Å². The number of carbonyl (C=O) groups is 2. The Morgan fingerprint density at radius 2 is 1.68 bits per heavy atom. The molecule has 14 nitrogen and oxygen atoms in total. The van der Waals surface area contributed by atoms with Crippen LogP contribution in [0.4, 0.5) is 0 Å². The molecule has 3 fully saturated rings. The summed E-state index contributed by atoms with van der Waals surface area (Å²) in [4.78, 5) is 27.3. The Balaban J connectivity index is 1.26. The van der Waals surface area contributed by atoms with Gasteiger partial charge in [-0.1, -0.05) is 75.0 Å². The van der Waals surface area contributed by atoms with Crippen molar-refractivity contribution < 1.29 is 50.4 Å². The average Bonchev–Trinajstić information content (AvgIpc) is 3.81. The Labute approximate surface area is 355 Å². The van der Waals surface area contributed by atoms with Gasteiger partial charge in [0, 0.05) is 29.8 Å². The van der Waals surface area contributed by atoms with Crippen LogP contribution in [0.5, 0.6) is 0 Å². The zero-order valence-corrected chi connectivity index (χ0v) is 36.0. The highest BCUT2D eigenvalue weighted by molar-refractivity contribution is 6.25. The van der Waals surface area contributed by atoms with Crippen molar-refractivity contribution in [3.63, 3.8) is 0 Å². The summed E-state index contributed by atoms with van der Waals surface area (Å²) in [6.45, 7) is 9.83. The third-order valence-corrected chi connectivity index (χ3v) is 13.7. The van der Waals surface area contributed by atoms with Gasteiger partial charge in [-0.15, -0.1) is 0 Å². The third kappa shape index (κ3) is 12.0. The first-order chi connectivity index (χ1) is 28.3. The largest absolute Gasteiger partial charge is 0.511 e. The van der Waals surface area contributed by atoms with E-state index in [2.05, 4.69) is 5.32 Å². The quantitative estimate of drug-likeness (QED) is 0.0224. The minimum atomic E-state index is -1.08. The number of guanidine groups is 1. The van der Waals surface area contributed by atoms with Crippen LogP contribution in [-0.4, -0.2) is 125 Å². The molecule has 1 saturated carbocycles. The van der Waals surface area contributed by atoms with Crippen molar-refractivity contribution in [1.82, 2.24) is 10.2 Å². The number of nitrogens with two attached hydrogens (primary N) is 1. The minimum Gasteiger partial charge on any atom is -0.511 e. The van der Waals surface area contributed by atoms with Crippen molar-refractivity contribution in [1.29, 1.82) is 5.41 Å². The molecule has 0 aromatic heterocycles. The number of likely N-dealkylation sites (tertiary alicyclic amines) is 1. The molecule has 0 unspecified atom stereocenters. The zero-order valence-electron chi connectivity index (χ0n) is 36.0. The van der Waals surface area contributed by atoms with Gasteiger partial charge in [-0.25, -0.2) is 0 Å². The monoisotopic (exact) mass is 841 g/mol. The topological polar surface area (TPSA) is 261 Å². The standard InChI is InChI=1S/C46H72N4O10/c1-26(37(54)13-7-11-31(51)10-6-12-33(53)24-30-9-8-22-50(30)45(47)48)14-17-32(52)18-15-27(2)41(57)28(3)16-19-35-29(4)23-34-36(20-21-38(55)42(34)58)46(35,5)43(59)40-39(56)25-49-44(40)60/h6-7,10,13-15,17,23,26,28,30-38,41-42,51-55,57-59H,8-9,11-12,16,18-22,24-25H2,1-5H3,(H3,47,48)(H,49,60)/b10-6+,13-7+,17-14+,27-15+,43-40+/t26-,28+,30-,31+,32-,33-,34-,35+,36-,37-,38+,41+,42+,46-/m1/s1. The highest BCUT2D eigenvalue weighted by Gasteiger charge is 2.56. The fourth-order valence-corrected chi connectivity index (χ4v) is 9.89. The van der Waals surface area contributed by atoms with Crippen LogP contribution in [-0.2, 0) is 9.59 Å². The van der Waals surface area contributed by atoms with Crippen molar-refractivity contribution in [2.24, 2.45) is 40.7 Å². The van der Waals surface area contributed by atoms with Gasteiger partial charge in [0.15, 0.2) is 11.7 Å². The van der Waals surface area contributed by atoms with E-state index in [9.17, 15) is 50.4 Å². The van der Waals surface area contributed by atoms with E-state index in [1.54, 1.807) is 49.5 Å². The molecule has 0 aromatic carbocycles. The molecular weight excluding hydrogens is 769 g/mol. The molecule has 14 atom stereocenters. The number of aliphatic hydroxyl groups excluding tert-OH is 8. The molecule has 336 valence electrons. The summed E-state index contributed by atoms with van der Waals surface area (Å²) in [7, 11) is 0. The molecule has 0 spiro atoms. The SMILES string of the molecule is CC1=C[C@H]2[C@H](O)[C@@H](O)CC[C@H]2[C@](C)(/C(O)=C2/C(=O)CNC2=O)[C@H]1CC[C@H](C)[C@@H](O)/C(C)=C/C[C@H](O)/C=C/[C@@H](C)[C@H](O)/C=C/C[C@@H](O)/C=C/C[C@@H](O)C[C@H]1CCCN1C(=N)N. The van der Waals surface area contributed by atoms with Crippen LogP contribution in [0, 0.1) is 40.4 Å². The maximum Gasteiger partial charge on any atom is 0.258 e. The second-order valence-electron chi connectivity index (χ2n) is 18.0. The summed E-state index contributed by atoms with van der Waals surface area (Å²) in [5.74, 6) is -3.01. The van der Waals surface area contributed by atoms with Gasteiger partial charge in [-0.05, 0) is 101 Å². The third-order valence-electron chi connectivity index (χ3n) is 13.7. The fourth-order valence-electron chi connectivity index (χ4n) is 9.89. The first-order valence-electron chi connectivity index (χ1n) is 21.8. The van der Waals surface area contributed by atoms with Gasteiger partial charge in [-0.2, -0.15) is 0 Å². The number of fused-ring (bicyclic) bond motifs is 1. The Bertz CT molecular complexity index is 1670. The van der Waals surface area contributed by atoms with Crippen molar-refractivity contribution in [2.75, 3.05) is 13.1 Å². The number of ketones is 1. The number of nitrogens with zero attached hydrogens (tertiary/aromatic N) is 1. The number of Topliss-reactive ketones (excluding diaryl/α,β-unsaturated/α-hetero) is 1. The van der Waals surface area contributed by atoms with Crippen LogP contribution in [0.2, 0.25) is 0 Å². The maximum atomic E-state index is 12.8. The van der Waals surface area contributed by atoms with Gasteiger partial charge in [-0.3, -0.25) is 15.0 Å². The first-order valence-corrected chi connectivity index (χ1v) is 21.8. The maximum absolute atomic E-state index is 12.8. The first kappa shape index (κ1) is 49.0. The lowest BCUT2D eigenvalue weighted by molar-refractivity contribution is -0.118. The minimum absolute atomic E-state index is 0.0272. The van der Waals surface area contributed by atoms with Gasteiger partial charge in [0.05, 0.1) is 49.3 Å². The van der Waals surface area contributed by atoms with Crippen LogP contribution in [0.1, 0.15) is 98.8 Å². The molecule has 2 aliphatic heterocycles. The highest BCUT2D eigenvalue weighted by atomic mass is 16.3. The summed E-state index contributed by atoms with van der Waals surface area (Å²) in [5, 5.41) is 96.8. The molecular formula is C46H72N4O10. The number of amides is 1. The molecule has 2 saturated heterocycles. The summed E-state index contributed by atoms with van der Waals surface area (Å²) in [6.07, 6.45) is 12.9. The zero-order chi connectivity index (χ0) is 44.5. The lowest BCUT2D eigenvalue weighted by Crippen LogP contribution is -2.53. The molecule has 1 amide bonds. The summed E-state index contributed by atoms with van der Waals surface area (Å²) in [6, 6.07) is 0.0535. The summed E-state index contributed by atoms with van der Waals surface area (Å²) >= 11 is 0. The number of carbonyl (C=O) groups excluding carboxylic acids is 2. The van der Waals surface area contributed by atoms with Crippen LogP contribution in [0.15, 0.2) is 71.1 Å². The number of hydrogen-bond donors (Lipinski definition) is 11. The lowest BCUT2D eigenvalue weighted by atomic mass is 9.51. The van der Waals surface area contributed by atoms with Gasteiger partial charge in [0.25, 0.3) is 5.91 Å². The molecule has 60 heavy (non-hydrogen) atoms. The molecule has 0 radical (unpaired) electrons. The predicted octanol–water partition coefficient (Wildman–Crippen LogP) is 3.22. The van der Waals surface area contributed by atoms with E-state index in [4.69, 9.17) is 11.1 Å². The number of nitrogens with one attached hydrogen (secondary N) is 2. The molecule has 0 bridgehead atoms.